The highest BCUT2D eigenvalue weighted by molar-refractivity contribution is 9.10. The summed E-state index contributed by atoms with van der Waals surface area (Å²) < 4.78 is 16.3. The van der Waals surface area contributed by atoms with Gasteiger partial charge in [0.1, 0.15) is 11.6 Å². The van der Waals surface area contributed by atoms with Crippen LogP contribution in [0.15, 0.2) is 22.2 Å². The number of halogens is 1. The molecule has 0 atom stereocenters. The second kappa shape index (κ2) is 7.14. The molecule has 0 aromatic heterocycles. The summed E-state index contributed by atoms with van der Waals surface area (Å²) in [5.74, 6) is 0.586. The maximum absolute atomic E-state index is 11.8. The van der Waals surface area contributed by atoms with Crippen LogP contribution in [0.3, 0.4) is 0 Å². The summed E-state index contributed by atoms with van der Waals surface area (Å²) in [7, 11) is 0. The lowest BCUT2D eigenvalue weighted by Gasteiger charge is -2.04. The number of benzene rings is 1. The molecule has 0 spiro atoms. The SMILES string of the molecule is CCCCOC(=O)/C(C#N)=C/c1cc(Br)c2c(c1)OCO2. The summed E-state index contributed by atoms with van der Waals surface area (Å²) >= 11 is 3.36. The third-order valence-electron chi connectivity index (χ3n) is 2.83. The number of rotatable bonds is 5. The zero-order valence-corrected chi connectivity index (χ0v) is 13.1. The summed E-state index contributed by atoms with van der Waals surface area (Å²) in [5.41, 5.74) is 0.618. The first-order chi connectivity index (χ1) is 10.2. The van der Waals surface area contributed by atoms with Crippen molar-refractivity contribution in [3.8, 4) is 17.6 Å². The number of nitrogens with zero attached hydrogens (tertiary/aromatic N) is 1. The van der Waals surface area contributed by atoms with E-state index in [0.717, 1.165) is 12.8 Å². The Kier molecular flexibility index (Phi) is 5.23. The van der Waals surface area contributed by atoms with Crippen molar-refractivity contribution in [1.29, 1.82) is 5.26 Å². The highest BCUT2D eigenvalue weighted by Crippen LogP contribution is 2.40. The lowest BCUT2D eigenvalue weighted by Crippen LogP contribution is -2.07. The molecule has 0 fully saturated rings. The van der Waals surface area contributed by atoms with Crippen LogP contribution < -0.4 is 9.47 Å². The third kappa shape index (κ3) is 3.76. The van der Waals surface area contributed by atoms with Crippen molar-refractivity contribution in [3.05, 3.63) is 27.7 Å². The summed E-state index contributed by atoms with van der Waals surface area (Å²) in [6.45, 7) is 2.48. The molecule has 1 aliphatic heterocycles. The second-order valence-corrected chi connectivity index (χ2v) is 5.25. The van der Waals surface area contributed by atoms with E-state index in [2.05, 4.69) is 15.9 Å². The lowest BCUT2D eigenvalue weighted by molar-refractivity contribution is -0.138. The Balaban J connectivity index is 2.19. The smallest absolute Gasteiger partial charge is 0.348 e. The average molecular weight is 352 g/mol. The van der Waals surface area contributed by atoms with Gasteiger partial charge < -0.3 is 14.2 Å². The number of hydrogen-bond donors (Lipinski definition) is 0. The fraction of sp³-hybridized carbons (Fsp3) is 0.333. The number of hydrogen-bond acceptors (Lipinski definition) is 5. The number of unbranched alkanes of at least 4 members (excludes halogenated alkanes) is 1. The first-order valence-electron chi connectivity index (χ1n) is 6.53. The van der Waals surface area contributed by atoms with E-state index in [0.29, 0.717) is 28.1 Å². The van der Waals surface area contributed by atoms with Gasteiger partial charge in [-0.3, -0.25) is 0 Å². The van der Waals surface area contributed by atoms with Gasteiger partial charge in [0.15, 0.2) is 11.5 Å². The monoisotopic (exact) mass is 351 g/mol. The molecule has 110 valence electrons. The molecule has 0 N–H and O–H groups in total. The van der Waals surface area contributed by atoms with Crippen LogP contribution in [0.4, 0.5) is 0 Å². The predicted molar refractivity (Wildman–Crippen MR) is 79.7 cm³/mol. The molecule has 1 heterocycles. The van der Waals surface area contributed by atoms with Crippen LogP contribution in [0.25, 0.3) is 6.08 Å². The summed E-state index contributed by atoms with van der Waals surface area (Å²) in [4.78, 5) is 11.8. The van der Waals surface area contributed by atoms with Crippen molar-refractivity contribution in [2.45, 2.75) is 19.8 Å². The van der Waals surface area contributed by atoms with E-state index in [1.165, 1.54) is 6.08 Å². The molecular weight excluding hydrogens is 338 g/mol. The van der Waals surface area contributed by atoms with Gasteiger partial charge in [0.25, 0.3) is 0 Å². The standard InChI is InChI=1S/C15H14BrNO4/c1-2-3-4-19-15(18)11(8-17)5-10-6-12(16)14-13(7-10)20-9-21-14/h5-7H,2-4,9H2,1H3/b11-5+. The van der Waals surface area contributed by atoms with Gasteiger partial charge in [-0.25, -0.2) is 4.79 Å². The van der Waals surface area contributed by atoms with Gasteiger partial charge in [-0.1, -0.05) is 13.3 Å². The van der Waals surface area contributed by atoms with Crippen molar-refractivity contribution in [3.63, 3.8) is 0 Å². The van der Waals surface area contributed by atoms with Gasteiger partial charge in [0.05, 0.1) is 11.1 Å². The molecule has 0 bridgehead atoms. The van der Waals surface area contributed by atoms with Crippen LogP contribution in [0, 0.1) is 11.3 Å². The van der Waals surface area contributed by atoms with Gasteiger partial charge in [-0.05, 0) is 46.1 Å². The number of ether oxygens (including phenoxy) is 3. The Hall–Kier alpha value is -2.00. The molecular formula is C15H14BrNO4. The van der Waals surface area contributed by atoms with Crippen molar-refractivity contribution >= 4 is 28.0 Å². The average Bonchev–Trinajstić information content (AvgIpc) is 2.93. The van der Waals surface area contributed by atoms with Crippen molar-refractivity contribution in [2.75, 3.05) is 13.4 Å². The maximum atomic E-state index is 11.8. The lowest BCUT2D eigenvalue weighted by atomic mass is 10.1. The van der Waals surface area contributed by atoms with Crippen LogP contribution >= 0.6 is 15.9 Å². The highest BCUT2D eigenvalue weighted by Gasteiger charge is 2.18. The summed E-state index contributed by atoms with van der Waals surface area (Å²) in [6.07, 6.45) is 3.18. The van der Waals surface area contributed by atoms with E-state index in [1.54, 1.807) is 12.1 Å². The Morgan fingerprint density at radius 3 is 3.05 bits per heavy atom. The molecule has 2 rings (SSSR count). The molecule has 0 unspecified atom stereocenters. The summed E-state index contributed by atoms with van der Waals surface area (Å²) in [6, 6.07) is 5.33. The van der Waals surface area contributed by atoms with Crippen LogP contribution in [-0.2, 0) is 9.53 Å². The van der Waals surface area contributed by atoms with E-state index in [1.807, 2.05) is 13.0 Å². The Morgan fingerprint density at radius 1 is 1.52 bits per heavy atom. The number of fused-ring (bicyclic) bond motifs is 1. The van der Waals surface area contributed by atoms with E-state index in [4.69, 9.17) is 19.5 Å². The van der Waals surface area contributed by atoms with Gasteiger partial charge in [0.2, 0.25) is 6.79 Å². The van der Waals surface area contributed by atoms with E-state index < -0.39 is 5.97 Å². The van der Waals surface area contributed by atoms with Gasteiger partial charge in [0, 0.05) is 0 Å². The molecule has 1 aromatic rings. The van der Waals surface area contributed by atoms with E-state index in [9.17, 15) is 4.79 Å². The van der Waals surface area contributed by atoms with Crippen molar-refractivity contribution in [1.82, 2.24) is 0 Å². The van der Waals surface area contributed by atoms with Gasteiger partial charge >= 0.3 is 5.97 Å². The highest BCUT2D eigenvalue weighted by atomic mass is 79.9. The topological polar surface area (TPSA) is 68.6 Å². The molecule has 0 saturated heterocycles. The molecule has 21 heavy (non-hydrogen) atoms. The van der Waals surface area contributed by atoms with Crippen LogP contribution in [0.5, 0.6) is 11.5 Å². The largest absolute Gasteiger partial charge is 0.462 e. The Labute approximate surface area is 131 Å². The fourth-order valence-electron chi connectivity index (χ4n) is 1.76. The van der Waals surface area contributed by atoms with E-state index >= 15 is 0 Å². The molecule has 1 aliphatic rings. The minimum atomic E-state index is -0.611. The van der Waals surface area contributed by atoms with Gasteiger partial charge in [-0.15, -0.1) is 0 Å². The molecule has 5 nitrogen and oxygen atoms in total. The Morgan fingerprint density at radius 2 is 2.33 bits per heavy atom. The van der Waals surface area contributed by atoms with Crippen LogP contribution in [0.2, 0.25) is 0 Å². The zero-order chi connectivity index (χ0) is 15.2. The van der Waals surface area contributed by atoms with Crippen LogP contribution in [-0.4, -0.2) is 19.4 Å². The molecule has 6 heteroatoms. The first-order valence-corrected chi connectivity index (χ1v) is 7.33. The van der Waals surface area contributed by atoms with Gasteiger partial charge in [-0.2, -0.15) is 5.26 Å². The fourth-order valence-corrected chi connectivity index (χ4v) is 2.34. The zero-order valence-electron chi connectivity index (χ0n) is 11.5. The molecule has 0 radical (unpaired) electrons. The number of carbonyl (C=O) groups is 1. The van der Waals surface area contributed by atoms with Crippen LogP contribution in [0.1, 0.15) is 25.3 Å². The quantitative estimate of drug-likeness (QED) is 0.352. The number of nitriles is 1. The molecule has 0 amide bonds. The third-order valence-corrected chi connectivity index (χ3v) is 3.42. The van der Waals surface area contributed by atoms with E-state index in [-0.39, 0.29) is 12.4 Å². The van der Waals surface area contributed by atoms with Crippen molar-refractivity contribution in [2.24, 2.45) is 0 Å². The summed E-state index contributed by atoms with van der Waals surface area (Å²) in [5, 5.41) is 9.09. The molecule has 0 saturated carbocycles. The molecule has 1 aromatic carbocycles. The van der Waals surface area contributed by atoms with Crippen molar-refractivity contribution < 1.29 is 19.0 Å². The Bertz CT molecular complexity index is 619. The second-order valence-electron chi connectivity index (χ2n) is 4.40. The first kappa shape index (κ1) is 15.4. The molecule has 0 aliphatic carbocycles. The normalized spacial score (nSPS) is 12.9. The minimum absolute atomic E-state index is 0.0446. The number of carbonyl (C=O) groups excluding carboxylic acids is 1. The number of esters is 1. The maximum Gasteiger partial charge on any atom is 0.348 e. The minimum Gasteiger partial charge on any atom is -0.462 e. The predicted octanol–water partition coefficient (Wildman–Crippen LogP) is 3.43.